The summed E-state index contributed by atoms with van der Waals surface area (Å²) in [5, 5.41) is 0.643. The molecule has 0 bridgehead atoms. The molecule has 1 aliphatic heterocycles. The molecule has 1 amide bonds. The highest BCUT2D eigenvalue weighted by atomic mass is 127. The molecule has 0 saturated carbocycles. The van der Waals surface area contributed by atoms with Gasteiger partial charge in [-0.1, -0.05) is 11.6 Å². The Bertz CT molecular complexity index is 505. The minimum absolute atomic E-state index is 0.0804. The number of carbonyl (C=O) groups is 1. The second-order valence-corrected chi connectivity index (χ2v) is 7.65. The van der Waals surface area contributed by atoms with Crippen molar-refractivity contribution >= 4 is 40.1 Å². The van der Waals surface area contributed by atoms with Crippen LogP contribution in [0, 0.1) is 3.57 Å². The number of hydrogen-bond donors (Lipinski definition) is 0. The molecule has 0 radical (unpaired) electrons. The van der Waals surface area contributed by atoms with Crippen molar-refractivity contribution in [1.82, 2.24) is 9.80 Å². The van der Waals surface area contributed by atoms with Crippen LogP contribution in [0.15, 0.2) is 18.2 Å². The fourth-order valence-corrected chi connectivity index (χ4v) is 2.91. The van der Waals surface area contributed by atoms with E-state index in [0.717, 1.165) is 29.7 Å². The van der Waals surface area contributed by atoms with Crippen molar-refractivity contribution in [3.05, 3.63) is 32.4 Å². The van der Waals surface area contributed by atoms with Crippen LogP contribution >= 0.6 is 34.2 Å². The maximum Gasteiger partial charge on any atom is 0.253 e. The molecule has 0 spiro atoms. The molecule has 1 aliphatic rings. The lowest BCUT2D eigenvalue weighted by molar-refractivity contribution is 0.0451. The molecule has 1 aromatic carbocycles. The van der Waals surface area contributed by atoms with Gasteiger partial charge in [-0.3, -0.25) is 9.69 Å². The van der Waals surface area contributed by atoms with Crippen LogP contribution in [-0.4, -0.2) is 47.4 Å². The molecule has 5 heteroatoms. The van der Waals surface area contributed by atoms with E-state index >= 15 is 0 Å². The predicted molar refractivity (Wildman–Crippen MR) is 91.4 cm³/mol. The van der Waals surface area contributed by atoms with Gasteiger partial charge < -0.3 is 4.90 Å². The van der Waals surface area contributed by atoms with Gasteiger partial charge >= 0.3 is 0 Å². The molecule has 0 N–H and O–H groups in total. The lowest BCUT2D eigenvalue weighted by atomic mass is 10.0. The first-order chi connectivity index (χ1) is 9.29. The fourth-order valence-electron chi connectivity index (χ4n) is 2.39. The number of nitrogens with zero attached hydrogens (tertiary/aromatic N) is 2. The van der Waals surface area contributed by atoms with E-state index < -0.39 is 0 Å². The van der Waals surface area contributed by atoms with Crippen molar-refractivity contribution in [2.24, 2.45) is 0 Å². The third-order valence-corrected chi connectivity index (χ3v) is 5.25. The Morgan fingerprint density at radius 1 is 1.20 bits per heavy atom. The second-order valence-electron chi connectivity index (χ2n) is 6.08. The Kier molecular flexibility index (Phi) is 4.97. The maximum atomic E-state index is 12.5. The van der Waals surface area contributed by atoms with E-state index in [-0.39, 0.29) is 11.4 Å². The van der Waals surface area contributed by atoms with Gasteiger partial charge in [0.25, 0.3) is 5.91 Å². The molecule has 2 rings (SSSR count). The molecular weight excluding hydrogens is 387 g/mol. The SMILES string of the molecule is CC(C)(C)N1CCN(C(=O)c2ccc(I)c(Cl)c2)CC1. The molecular formula is C15H20ClIN2O. The molecule has 0 aromatic heterocycles. The molecule has 3 nitrogen and oxygen atoms in total. The fraction of sp³-hybridized carbons (Fsp3) is 0.533. The number of carbonyl (C=O) groups excluding carboxylic acids is 1. The number of amides is 1. The van der Waals surface area contributed by atoms with E-state index in [1.54, 1.807) is 6.07 Å². The zero-order chi connectivity index (χ0) is 14.9. The zero-order valence-corrected chi connectivity index (χ0v) is 15.0. The third kappa shape index (κ3) is 3.65. The average molecular weight is 407 g/mol. The first-order valence-corrected chi connectivity index (χ1v) is 8.24. The van der Waals surface area contributed by atoms with Gasteiger partial charge in [0.15, 0.2) is 0 Å². The van der Waals surface area contributed by atoms with E-state index in [1.165, 1.54) is 0 Å². The normalized spacial score (nSPS) is 17.4. The summed E-state index contributed by atoms with van der Waals surface area (Å²) in [5.41, 5.74) is 0.848. The van der Waals surface area contributed by atoms with Crippen molar-refractivity contribution < 1.29 is 4.79 Å². The van der Waals surface area contributed by atoms with E-state index in [0.29, 0.717) is 10.6 Å². The van der Waals surface area contributed by atoms with Crippen molar-refractivity contribution in [1.29, 1.82) is 0 Å². The summed E-state index contributed by atoms with van der Waals surface area (Å²) < 4.78 is 0.971. The third-order valence-electron chi connectivity index (χ3n) is 3.68. The van der Waals surface area contributed by atoms with Crippen LogP contribution < -0.4 is 0 Å². The number of piperazine rings is 1. The molecule has 110 valence electrons. The zero-order valence-electron chi connectivity index (χ0n) is 12.1. The van der Waals surface area contributed by atoms with E-state index in [1.807, 2.05) is 17.0 Å². The summed E-state index contributed by atoms with van der Waals surface area (Å²) >= 11 is 8.26. The smallest absolute Gasteiger partial charge is 0.253 e. The largest absolute Gasteiger partial charge is 0.336 e. The topological polar surface area (TPSA) is 23.6 Å². The molecule has 0 aliphatic carbocycles. The quantitative estimate of drug-likeness (QED) is 0.667. The number of rotatable bonds is 1. The van der Waals surface area contributed by atoms with Gasteiger partial charge in [-0.25, -0.2) is 0 Å². The molecule has 0 atom stereocenters. The average Bonchev–Trinajstić information content (AvgIpc) is 2.40. The predicted octanol–water partition coefficient (Wildman–Crippen LogP) is 3.50. The van der Waals surface area contributed by atoms with Crippen LogP contribution in [0.2, 0.25) is 5.02 Å². The Labute approximate surface area is 139 Å². The van der Waals surface area contributed by atoms with E-state index in [9.17, 15) is 4.79 Å². The first-order valence-electron chi connectivity index (χ1n) is 6.78. The first kappa shape index (κ1) is 16.0. The Balaban J connectivity index is 2.03. The number of halogens is 2. The Morgan fingerprint density at radius 2 is 1.80 bits per heavy atom. The summed E-state index contributed by atoms with van der Waals surface area (Å²) in [6, 6.07) is 5.51. The van der Waals surface area contributed by atoms with E-state index in [4.69, 9.17) is 11.6 Å². The van der Waals surface area contributed by atoms with Crippen molar-refractivity contribution in [3.63, 3.8) is 0 Å². The van der Waals surface area contributed by atoms with Gasteiger partial charge in [-0.05, 0) is 61.6 Å². The van der Waals surface area contributed by atoms with Gasteiger partial charge in [-0.15, -0.1) is 0 Å². The van der Waals surface area contributed by atoms with Crippen LogP contribution in [0.1, 0.15) is 31.1 Å². The van der Waals surface area contributed by atoms with Gasteiger partial charge in [0.1, 0.15) is 0 Å². The van der Waals surface area contributed by atoms with Gasteiger partial charge in [0, 0.05) is 40.9 Å². The van der Waals surface area contributed by atoms with Crippen molar-refractivity contribution in [2.75, 3.05) is 26.2 Å². The highest BCUT2D eigenvalue weighted by molar-refractivity contribution is 14.1. The van der Waals surface area contributed by atoms with E-state index in [2.05, 4.69) is 48.3 Å². The molecule has 20 heavy (non-hydrogen) atoms. The van der Waals surface area contributed by atoms with Crippen LogP contribution in [0.4, 0.5) is 0 Å². The van der Waals surface area contributed by atoms with Crippen LogP contribution in [0.5, 0.6) is 0 Å². The molecule has 0 unspecified atom stereocenters. The summed E-state index contributed by atoms with van der Waals surface area (Å²) in [5.74, 6) is 0.0804. The maximum absolute atomic E-state index is 12.5. The molecule has 1 fully saturated rings. The molecule has 1 heterocycles. The standard InChI is InChI=1S/C15H20ClIN2O/c1-15(2,3)19-8-6-18(7-9-19)14(20)11-4-5-13(17)12(16)10-11/h4-5,10H,6-9H2,1-3H3. The number of hydrogen-bond acceptors (Lipinski definition) is 2. The Hall–Kier alpha value is -0.330. The second kappa shape index (κ2) is 6.20. The van der Waals surface area contributed by atoms with Gasteiger partial charge in [0.2, 0.25) is 0 Å². The van der Waals surface area contributed by atoms with Crippen LogP contribution in [0.25, 0.3) is 0 Å². The lowest BCUT2D eigenvalue weighted by Gasteiger charge is -2.42. The summed E-state index contributed by atoms with van der Waals surface area (Å²) in [6.45, 7) is 10.0. The van der Waals surface area contributed by atoms with Crippen LogP contribution in [-0.2, 0) is 0 Å². The highest BCUT2D eigenvalue weighted by Crippen LogP contribution is 2.22. The van der Waals surface area contributed by atoms with Crippen LogP contribution in [0.3, 0.4) is 0 Å². The van der Waals surface area contributed by atoms with Gasteiger partial charge in [-0.2, -0.15) is 0 Å². The summed E-state index contributed by atoms with van der Waals surface area (Å²) in [7, 11) is 0. The van der Waals surface area contributed by atoms with Gasteiger partial charge in [0.05, 0.1) is 5.02 Å². The van der Waals surface area contributed by atoms with Crippen molar-refractivity contribution in [2.45, 2.75) is 26.3 Å². The molecule has 1 aromatic rings. The minimum Gasteiger partial charge on any atom is -0.336 e. The number of benzene rings is 1. The lowest BCUT2D eigenvalue weighted by Crippen LogP contribution is -2.54. The molecule has 1 saturated heterocycles. The highest BCUT2D eigenvalue weighted by Gasteiger charge is 2.28. The summed E-state index contributed by atoms with van der Waals surface area (Å²) in [4.78, 5) is 16.8. The monoisotopic (exact) mass is 406 g/mol. The minimum atomic E-state index is 0.0804. The Morgan fingerprint density at radius 3 is 2.30 bits per heavy atom. The van der Waals surface area contributed by atoms with Crippen molar-refractivity contribution in [3.8, 4) is 0 Å². The summed E-state index contributed by atoms with van der Waals surface area (Å²) in [6.07, 6.45) is 0.